The number of aromatic amines is 1. The lowest BCUT2D eigenvalue weighted by atomic mass is 9.80. The van der Waals surface area contributed by atoms with Gasteiger partial charge in [-0.3, -0.25) is 5.10 Å². The van der Waals surface area contributed by atoms with Crippen molar-refractivity contribution in [1.82, 2.24) is 20.5 Å². The molecular weight excluding hydrogens is 482 g/mol. The number of hydrogen-bond donors (Lipinski definition) is 2. The van der Waals surface area contributed by atoms with Crippen LogP contribution in [0.4, 0.5) is 11.5 Å². The Morgan fingerprint density at radius 1 is 0.949 bits per heavy atom. The van der Waals surface area contributed by atoms with Crippen LogP contribution in [0.5, 0.6) is 0 Å². The van der Waals surface area contributed by atoms with Crippen molar-refractivity contribution in [3.63, 3.8) is 0 Å². The molecule has 2 saturated heterocycles. The normalized spacial score (nSPS) is 25.3. The molecule has 0 amide bonds. The Labute approximate surface area is 229 Å². The van der Waals surface area contributed by atoms with Crippen LogP contribution in [0.3, 0.4) is 0 Å². The van der Waals surface area contributed by atoms with Gasteiger partial charge in [0.1, 0.15) is 5.82 Å². The number of para-hydroxylation sites is 1. The molecule has 1 saturated carbocycles. The molecule has 2 aromatic carbocycles. The first-order valence-electron chi connectivity index (χ1n) is 14.4. The highest BCUT2D eigenvalue weighted by Crippen LogP contribution is 2.36. The van der Waals surface area contributed by atoms with Gasteiger partial charge in [-0.2, -0.15) is 10.4 Å². The molecule has 2 aliphatic heterocycles. The van der Waals surface area contributed by atoms with Crippen LogP contribution in [0.2, 0.25) is 0 Å². The number of aromatic nitrogens is 3. The Hall–Kier alpha value is -3.89. The Kier molecular flexibility index (Phi) is 6.41. The third kappa shape index (κ3) is 4.63. The van der Waals surface area contributed by atoms with E-state index in [0.29, 0.717) is 29.5 Å². The van der Waals surface area contributed by atoms with E-state index in [0.717, 1.165) is 49.3 Å². The average molecular weight is 518 g/mol. The second kappa shape index (κ2) is 10.3. The monoisotopic (exact) mass is 517 g/mol. The minimum atomic E-state index is 0.431. The first-order chi connectivity index (χ1) is 19.3. The molecule has 0 bridgehead atoms. The Morgan fingerprint density at radius 3 is 2.74 bits per heavy atom. The number of pyridine rings is 1. The molecule has 1 aliphatic carbocycles. The fourth-order valence-electron chi connectivity index (χ4n) is 7.21. The van der Waals surface area contributed by atoms with Crippen LogP contribution < -0.4 is 15.1 Å². The van der Waals surface area contributed by atoms with Crippen molar-refractivity contribution >= 4 is 22.4 Å². The van der Waals surface area contributed by atoms with Crippen LogP contribution in [0.25, 0.3) is 22.0 Å². The molecule has 3 fully saturated rings. The number of nitrogens with zero attached hydrogens (tertiary/aromatic N) is 5. The zero-order valence-corrected chi connectivity index (χ0v) is 22.3. The fourth-order valence-corrected chi connectivity index (χ4v) is 7.21. The lowest BCUT2D eigenvalue weighted by Gasteiger charge is -2.50. The minimum absolute atomic E-state index is 0.431. The summed E-state index contributed by atoms with van der Waals surface area (Å²) >= 11 is 0. The third-order valence-corrected chi connectivity index (χ3v) is 9.27. The molecule has 7 nitrogen and oxygen atoms in total. The molecule has 0 spiro atoms. The lowest BCUT2D eigenvalue weighted by Crippen LogP contribution is -2.60. The van der Waals surface area contributed by atoms with Crippen molar-refractivity contribution in [1.29, 1.82) is 5.26 Å². The quantitative estimate of drug-likeness (QED) is 0.381. The molecule has 4 atom stereocenters. The standard InChI is InChI=1S/C32H35N7/c33-17-22-8-10-27(11-9-22)38-15-13-30-26(20-38)18-35-29-7-2-1-4-25(29)21-39(30)31-16-23(12-14-34-31)28-6-3-5-24-19-36-37-32(24)28/h3,5-6,8-12,14,16,19,25-26,29-30,35H,1-2,4,7,13,15,18,20-21H2,(H,36,37). The smallest absolute Gasteiger partial charge is 0.129 e. The van der Waals surface area contributed by atoms with Gasteiger partial charge in [0, 0.05) is 67.0 Å². The summed E-state index contributed by atoms with van der Waals surface area (Å²) in [4.78, 5) is 10.2. The molecule has 39 heavy (non-hydrogen) atoms. The predicted octanol–water partition coefficient (Wildman–Crippen LogP) is 5.36. The topological polar surface area (TPSA) is 83.9 Å². The number of H-pyrrole nitrogens is 1. The van der Waals surface area contributed by atoms with Gasteiger partial charge in [-0.15, -0.1) is 0 Å². The predicted molar refractivity (Wildman–Crippen MR) is 156 cm³/mol. The summed E-state index contributed by atoms with van der Waals surface area (Å²) in [5, 5.41) is 21.9. The number of nitrogens with one attached hydrogen (secondary N) is 2. The molecule has 2 aromatic heterocycles. The van der Waals surface area contributed by atoms with Crippen LogP contribution in [0.1, 0.15) is 37.7 Å². The largest absolute Gasteiger partial charge is 0.371 e. The highest BCUT2D eigenvalue weighted by atomic mass is 15.3. The molecule has 7 heteroatoms. The molecule has 2 N–H and O–H groups in total. The summed E-state index contributed by atoms with van der Waals surface area (Å²) in [5.41, 5.74) is 5.36. The molecule has 4 aromatic rings. The minimum Gasteiger partial charge on any atom is -0.371 e. The third-order valence-electron chi connectivity index (χ3n) is 9.27. The first-order valence-corrected chi connectivity index (χ1v) is 14.4. The van der Waals surface area contributed by atoms with Crippen molar-refractivity contribution in [2.45, 2.75) is 44.2 Å². The summed E-state index contributed by atoms with van der Waals surface area (Å²) in [6.45, 7) is 4.10. The van der Waals surface area contributed by atoms with E-state index in [4.69, 9.17) is 4.98 Å². The summed E-state index contributed by atoms with van der Waals surface area (Å²) in [6, 6.07) is 22.1. The van der Waals surface area contributed by atoms with Gasteiger partial charge in [0.2, 0.25) is 0 Å². The Bertz CT molecular complexity index is 1490. The average Bonchev–Trinajstić information content (AvgIpc) is 3.48. The van der Waals surface area contributed by atoms with Gasteiger partial charge in [-0.25, -0.2) is 4.98 Å². The molecular formula is C32H35N7. The molecule has 4 unspecified atom stereocenters. The van der Waals surface area contributed by atoms with Gasteiger partial charge in [-0.1, -0.05) is 31.0 Å². The van der Waals surface area contributed by atoms with E-state index in [9.17, 15) is 5.26 Å². The number of anilines is 2. The van der Waals surface area contributed by atoms with Crippen LogP contribution >= 0.6 is 0 Å². The van der Waals surface area contributed by atoms with Crippen molar-refractivity contribution < 1.29 is 0 Å². The van der Waals surface area contributed by atoms with Gasteiger partial charge in [-0.05, 0) is 67.1 Å². The Balaban J connectivity index is 1.22. The second-order valence-corrected chi connectivity index (χ2v) is 11.5. The van der Waals surface area contributed by atoms with Crippen molar-refractivity contribution in [2.75, 3.05) is 36.0 Å². The van der Waals surface area contributed by atoms with Crippen LogP contribution in [0.15, 0.2) is 67.0 Å². The van der Waals surface area contributed by atoms with E-state index in [1.165, 1.54) is 42.5 Å². The van der Waals surface area contributed by atoms with E-state index >= 15 is 0 Å². The van der Waals surface area contributed by atoms with E-state index in [1.54, 1.807) is 0 Å². The molecule has 0 radical (unpaired) electrons. The second-order valence-electron chi connectivity index (χ2n) is 11.5. The van der Waals surface area contributed by atoms with Gasteiger partial charge in [0.05, 0.1) is 23.3 Å². The maximum absolute atomic E-state index is 9.23. The van der Waals surface area contributed by atoms with E-state index in [1.807, 2.05) is 24.5 Å². The van der Waals surface area contributed by atoms with Crippen LogP contribution in [-0.4, -0.2) is 53.4 Å². The zero-order chi connectivity index (χ0) is 26.2. The van der Waals surface area contributed by atoms with Crippen LogP contribution in [0, 0.1) is 23.2 Å². The zero-order valence-electron chi connectivity index (χ0n) is 22.3. The highest BCUT2D eigenvalue weighted by molar-refractivity contribution is 5.93. The lowest BCUT2D eigenvalue weighted by molar-refractivity contribution is 0.202. The van der Waals surface area contributed by atoms with Crippen molar-refractivity contribution in [3.05, 3.63) is 72.6 Å². The van der Waals surface area contributed by atoms with E-state index in [-0.39, 0.29) is 0 Å². The maximum Gasteiger partial charge on any atom is 0.129 e. The number of hydrogen-bond acceptors (Lipinski definition) is 6. The molecule has 198 valence electrons. The Morgan fingerprint density at radius 2 is 1.85 bits per heavy atom. The summed E-state index contributed by atoms with van der Waals surface area (Å²) in [5.74, 6) is 2.23. The SMILES string of the molecule is N#Cc1ccc(N2CCC3C(CNC4CCCCC4CN3c3cc(-c4cccc5cn[nH]c45)ccn3)C2)cc1. The number of benzene rings is 2. The van der Waals surface area contributed by atoms with Gasteiger partial charge in [0.25, 0.3) is 0 Å². The van der Waals surface area contributed by atoms with Crippen LogP contribution in [-0.2, 0) is 0 Å². The number of fused-ring (bicyclic) bond motifs is 3. The van der Waals surface area contributed by atoms with Crippen molar-refractivity contribution in [3.8, 4) is 17.2 Å². The summed E-state index contributed by atoms with van der Waals surface area (Å²) in [6.07, 6.45) is 10.2. The molecule has 7 rings (SSSR count). The van der Waals surface area contributed by atoms with Gasteiger partial charge >= 0.3 is 0 Å². The number of piperidine rings is 1. The van der Waals surface area contributed by atoms with Gasteiger partial charge in [0.15, 0.2) is 0 Å². The highest BCUT2D eigenvalue weighted by Gasteiger charge is 2.39. The number of rotatable bonds is 3. The fraction of sp³-hybridized carbons (Fsp3) is 0.406. The van der Waals surface area contributed by atoms with E-state index < -0.39 is 0 Å². The molecule has 3 aliphatic rings. The first kappa shape index (κ1) is 24.2. The summed E-state index contributed by atoms with van der Waals surface area (Å²) in [7, 11) is 0. The number of nitriles is 1. The van der Waals surface area contributed by atoms with E-state index in [2.05, 4.69) is 73.8 Å². The molecule has 4 heterocycles. The van der Waals surface area contributed by atoms with Gasteiger partial charge < -0.3 is 15.1 Å². The maximum atomic E-state index is 9.23. The van der Waals surface area contributed by atoms with Crippen molar-refractivity contribution in [2.24, 2.45) is 11.8 Å². The summed E-state index contributed by atoms with van der Waals surface area (Å²) < 4.78 is 0.